The number of likely N-dealkylation sites (tertiary alicyclic amines) is 1. The van der Waals surface area contributed by atoms with E-state index >= 15 is 0 Å². The van der Waals surface area contributed by atoms with Crippen LogP contribution in [0.15, 0.2) is 48.5 Å². The second-order valence-electron chi connectivity index (χ2n) is 7.01. The third kappa shape index (κ3) is 3.65. The molecule has 1 saturated heterocycles. The minimum Gasteiger partial charge on any atom is -0.449 e. The molecule has 3 aromatic rings. The Morgan fingerprint density at radius 2 is 1.96 bits per heavy atom. The maximum absolute atomic E-state index is 13.1. The fraction of sp³-hybridized carbons (Fsp3) is 0.286. The van der Waals surface area contributed by atoms with Crippen LogP contribution in [-0.4, -0.2) is 36.4 Å². The molecule has 137 valence electrons. The van der Waals surface area contributed by atoms with Crippen LogP contribution in [0, 0.1) is 0 Å². The van der Waals surface area contributed by atoms with Gasteiger partial charge in [0.05, 0.1) is 0 Å². The summed E-state index contributed by atoms with van der Waals surface area (Å²) in [7, 11) is 1.10. The molecule has 2 aromatic carbocycles. The Kier molecular flexibility index (Phi) is 5.30. The molecule has 6 heteroatoms. The highest BCUT2D eigenvalue weighted by molar-refractivity contribution is 7.27. The summed E-state index contributed by atoms with van der Waals surface area (Å²) in [4.78, 5) is 15.1. The van der Waals surface area contributed by atoms with Crippen LogP contribution < -0.4 is 10.5 Å². The Labute approximate surface area is 163 Å². The number of fused-ring (bicyclic) bond motifs is 1. The smallest absolute Gasteiger partial charge is 0.337 e. The zero-order valence-electron chi connectivity index (χ0n) is 15.1. The van der Waals surface area contributed by atoms with E-state index in [2.05, 4.69) is 24.3 Å². The van der Waals surface area contributed by atoms with E-state index in [0.717, 1.165) is 59.4 Å². The Morgan fingerprint density at radius 1 is 1.19 bits per heavy atom. The van der Waals surface area contributed by atoms with Crippen LogP contribution in [0.4, 0.5) is 0 Å². The third-order valence-electron chi connectivity index (χ3n) is 5.38. The molecule has 0 spiro atoms. The topological polar surface area (TPSA) is 66.6 Å². The van der Waals surface area contributed by atoms with Crippen molar-refractivity contribution in [2.45, 2.75) is 25.3 Å². The normalized spacial score (nSPS) is 15.3. The quantitative estimate of drug-likeness (QED) is 0.687. The zero-order chi connectivity index (χ0) is 18.8. The van der Waals surface area contributed by atoms with Gasteiger partial charge in [-0.1, -0.05) is 30.3 Å². The number of rotatable bonds is 4. The van der Waals surface area contributed by atoms with Crippen molar-refractivity contribution < 1.29 is 9.82 Å². The number of hydrogen-bond donors (Lipinski definition) is 2. The van der Waals surface area contributed by atoms with E-state index in [9.17, 15) is 9.82 Å². The lowest BCUT2D eigenvalue weighted by Crippen LogP contribution is -2.38. The first-order chi connectivity index (χ1) is 13.2. The summed E-state index contributed by atoms with van der Waals surface area (Å²) in [5.74, 6) is 0.560. The molecule has 3 N–H and O–H groups in total. The van der Waals surface area contributed by atoms with Crippen LogP contribution in [0.2, 0.25) is 0 Å². The van der Waals surface area contributed by atoms with Crippen LogP contribution in [0.5, 0.6) is 0 Å². The number of hydrogen-bond acceptors (Lipinski definition) is 4. The van der Waals surface area contributed by atoms with Crippen molar-refractivity contribution in [2.75, 3.05) is 13.1 Å². The van der Waals surface area contributed by atoms with Crippen molar-refractivity contribution >= 4 is 39.6 Å². The van der Waals surface area contributed by atoms with Crippen LogP contribution in [0.3, 0.4) is 0 Å². The van der Waals surface area contributed by atoms with Crippen LogP contribution in [0.1, 0.15) is 40.2 Å². The highest BCUT2D eigenvalue weighted by Crippen LogP contribution is 2.30. The van der Waals surface area contributed by atoms with Gasteiger partial charge in [-0.3, -0.25) is 4.79 Å². The minimum absolute atomic E-state index is 0.0806. The van der Waals surface area contributed by atoms with Gasteiger partial charge in [0.1, 0.15) is 0 Å². The van der Waals surface area contributed by atoms with Gasteiger partial charge in [0.25, 0.3) is 5.91 Å². The average molecular weight is 377 g/mol. The molecule has 1 aliphatic heterocycles. The molecule has 1 amide bonds. The zero-order valence-corrected chi connectivity index (χ0v) is 15.9. The Balaban J connectivity index is 1.49. The van der Waals surface area contributed by atoms with Gasteiger partial charge in [0, 0.05) is 40.1 Å². The average Bonchev–Trinajstić information content (AvgIpc) is 3.17. The highest BCUT2D eigenvalue weighted by atomic mass is 32.1. The van der Waals surface area contributed by atoms with E-state index in [1.807, 2.05) is 29.2 Å². The number of nitrogens with zero attached hydrogens (tertiary/aromatic N) is 1. The van der Waals surface area contributed by atoms with Gasteiger partial charge < -0.3 is 15.7 Å². The molecule has 1 radical (unpaired) electrons. The van der Waals surface area contributed by atoms with Gasteiger partial charge in [-0.25, -0.2) is 0 Å². The first-order valence-corrected chi connectivity index (χ1v) is 10.1. The molecule has 2 heterocycles. The molecule has 0 aliphatic carbocycles. The van der Waals surface area contributed by atoms with Crippen LogP contribution in [-0.2, 0) is 6.54 Å². The monoisotopic (exact) mass is 377 g/mol. The summed E-state index contributed by atoms with van der Waals surface area (Å²) in [6.45, 7) is 2.08. The minimum atomic E-state index is 0.0806. The number of nitrogens with two attached hydrogens (primary N) is 1. The Bertz CT molecular complexity index is 964. The van der Waals surface area contributed by atoms with Gasteiger partial charge in [0.2, 0.25) is 0 Å². The third-order valence-corrected chi connectivity index (χ3v) is 6.41. The van der Waals surface area contributed by atoms with Gasteiger partial charge in [-0.15, -0.1) is 11.3 Å². The predicted octanol–water partition coefficient (Wildman–Crippen LogP) is 2.62. The van der Waals surface area contributed by atoms with E-state index < -0.39 is 0 Å². The molecule has 0 bridgehead atoms. The van der Waals surface area contributed by atoms with Crippen molar-refractivity contribution in [1.29, 1.82) is 0 Å². The van der Waals surface area contributed by atoms with E-state index in [4.69, 9.17) is 5.73 Å². The molecule has 0 atom stereocenters. The van der Waals surface area contributed by atoms with Crippen LogP contribution in [0.25, 0.3) is 10.1 Å². The van der Waals surface area contributed by atoms with Crippen molar-refractivity contribution in [3.8, 4) is 0 Å². The standard InChI is InChI=1S/C21H22BN2O2S/c23-13-14-3-1-4-16(11-14)15-7-9-24(10-8-15)21(25)17-5-2-6-19-18(17)12-20(22-26)27-19/h1-6,11-12,15,26H,7-10,13,23H2. The maximum atomic E-state index is 13.1. The second kappa shape index (κ2) is 7.84. The van der Waals surface area contributed by atoms with Crippen molar-refractivity contribution in [3.63, 3.8) is 0 Å². The van der Waals surface area contributed by atoms with E-state index in [1.54, 1.807) is 0 Å². The molecular formula is C21H22BN2O2S. The predicted molar refractivity (Wildman–Crippen MR) is 112 cm³/mol. The fourth-order valence-corrected chi connectivity index (χ4v) is 4.80. The lowest BCUT2D eigenvalue weighted by molar-refractivity contribution is 0.0715. The summed E-state index contributed by atoms with van der Waals surface area (Å²) in [6.07, 6.45) is 1.93. The Morgan fingerprint density at radius 3 is 2.70 bits per heavy atom. The highest BCUT2D eigenvalue weighted by Gasteiger charge is 2.26. The number of piperidine rings is 1. The summed E-state index contributed by atoms with van der Waals surface area (Å²) in [5.41, 5.74) is 8.97. The van der Waals surface area contributed by atoms with Gasteiger partial charge in [-0.2, -0.15) is 0 Å². The summed E-state index contributed by atoms with van der Waals surface area (Å²) >= 11 is 1.49. The summed E-state index contributed by atoms with van der Waals surface area (Å²) in [6, 6.07) is 16.2. The number of carbonyl (C=O) groups is 1. The van der Waals surface area contributed by atoms with Crippen molar-refractivity contribution in [1.82, 2.24) is 4.90 Å². The second-order valence-corrected chi connectivity index (χ2v) is 8.13. The van der Waals surface area contributed by atoms with Crippen molar-refractivity contribution in [3.05, 3.63) is 65.2 Å². The Hall–Kier alpha value is -2.15. The molecule has 1 fully saturated rings. The molecule has 0 saturated carbocycles. The number of carbonyl (C=O) groups excluding carboxylic acids is 1. The maximum Gasteiger partial charge on any atom is 0.337 e. The lowest BCUT2D eigenvalue weighted by atomic mass is 9.88. The van der Waals surface area contributed by atoms with Crippen LogP contribution >= 0.6 is 11.3 Å². The SMILES string of the molecule is NCc1cccc(C2CCN(C(=O)c3cccc4sc([B]O)cc34)CC2)c1. The summed E-state index contributed by atoms with van der Waals surface area (Å²) in [5, 5.41) is 10.2. The molecule has 1 aromatic heterocycles. The van der Waals surface area contributed by atoms with E-state index in [0.29, 0.717) is 12.5 Å². The van der Waals surface area contributed by atoms with E-state index in [-0.39, 0.29) is 5.91 Å². The van der Waals surface area contributed by atoms with Gasteiger partial charge in [-0.05, 0) is 48.1 Å². The molecule has 27 heavy (non-hydrogen) atoms. The first-order valence-electron chi connectivity index (χ1n) is 9.28. The largest absolute Gasteiger partial charge is 0.449 e. The molecule has 1 aliphatic rings. The summed E-state index contributed by atoms with van der Waals surface area (Å²) < 4.78 is 1.79. The van der Waals surface area contributed by atoms with Gasteiger partial charge in [0.15, 0.2) is 0 Å². The molecular weight excluding hydrogens is 355 g/mol. The number of thiophene rings is 1. The lowest BCUT2D eigenvalue weighted by Gasteiger charge is -2.32. The van der Waals surface area contributed by atoms with Gasteiger partial charge >= 0.3 is 7.48 Å². The number of benzene rings is 2. The van der Waals surface area contributed by atoms with E-state index in [1.165, 1.54) is 16.9 Å². The molecule has 4 rings (SSSR count). The molecule has 0 unspecified atom stereocenters. The first kappa shape index (κ1) is 18.2. The number of amides is 1. The van der Waals surface area contributed by atoms with Crippen molar-refractivity contribution in [2.24, 2.45) is 5.73 Å². The molecule has 4 nitrogen and oxygen atoms in total. The fourth-order valence-electron chi connectivity index (χ4n) is 3.89.